The smallest absolute Gasteiger partial charge is 0.339 e. The van der Waals surface area contributed by atoms with Crippen LogP contribution in [0, 0.1) is 0 Å². The summed E-state index contributed by atoms with van der Waals surface area (Å²) in [7, 11) is 2.94. The maximum atomic E-state index is 11.2. The van der Waals surface area contributed by atoms with Crippen LogP contribution in [0.4, 0.5) is 0 Å². The number of hydrogen-bond acceptors (Lipinski definition) is 4. The first kappa shape index (κ1) is 12.2. The van der Waals surface area contributed by atoms with E-state index in [1.807, 2.05) is 13.8 Å². The Kier molecular flexibility index (Phi) is 4.05. The molecule has 1 heterocycles. The van der Waals surface area contributed by atoms with Gasteiger partial charge in [0.1, 0.15) is 11.5 Å². The Labute approximate surface area is 94.9 Å². The maximum absolute atomic E-state index is 11.2. The summed E-state index contributed by atoms with van der Waals surface area (Å²) in [6, 6.07) is 3.40. The molecule has 0 fully saturated rings. The number of esters is 1. The zero-order chi connectivity index (χ0) is 12.1. The highest BCUT2D eigenvalue weighted by molar-refractivity contribution is 5.89. The van der Waals surface area contributed by atoms with Crippen LogP contribution in [0.3, 0.4) is 0 Å². The van der Waals surface area contributed by atoms with Gasteiger partial charge in [0.2, 0.25) is 0 Å². The van der Waals surface area contributed by atoms with E-state index >= 15 is 0 Å². The summed E-state index contributed by atoms with van der Waals surface area (Å²) >= 11 is 0. The van der Waals surface area contributed by atoms with Crippen molar-refractivity contribution in [3.63, 3.8) is 0 Å². The summed E-state index contributed by atoms with van der Waals surface area (Å²) in [5, 5.41) is 0. The molecule has 0 saturated carbocycles. The average molecular weight is 221 g/mol. The van der Waals surface area contributed by atoms with Gasteiger partial charge >= 0.3 is 5.97 Å². The zero-order valence-electron chi connectivity index (χ0n) is 9.90. The molecule has 0 aliphatic rings. The van der Waals surface area contributed by atoms with Gasteiger partial charge in [-0.3, -0.25) is 4.98 Å². The van der Waals surface area contributed by atoms with Crippen molar-refractivity contribution in [2.75, 3.05) is 14.2 Å². The molecule has 1 aromatic rings. The highest BCUT2D eigenvalue weighted by atomic mass is 16.5. The maximum Gasteiger partial charge on any atom is 0.339 e. The number of ether oxygens (including phenoxy) is 2. The van der Waals surface area contributed by atoms with E-state index in [1.54, 1.807) is 19.2 Å². The van der Waals surface area contributed by atoms with Crippen molar-refractivity contribution in [3.8, 4) is 0 Å². The lowest BCUT2D eigenvalue weighted by Gasteiger charge is -2.07. The monoisotopic (exact) mass is 221 g/mol. The Morgan fingerprint density at radius 3 is 2.25 bits per heavy atom. The first-order valence-corrected chi connectivity index (χ1v) is 4.86. The third kappa shape index (κ3) is 2.59. The lowest BCUT2D eigenvalue weighted by Crippen LogP contribution is -2.03. The Balaban J connectivity index is 3.04. The van der Waals surface area contributed by atoms with E-state index in [0.717, 1.165) is 11.3 Å². The van der Waals surface area contributed by atoms with E-state index in [4.69, 9.17) is 4.74 Å². The van der Waals surface area contributed by atoms with Gasteiger partial charge in [0.15, 0.2) is 0 Å². The summed E-state index contributed by atoms with van der Waals surface area (Å²) in [5.74, 6) is 0.326. The van der Waals surface area contributed by atoms with Crippen LogP contribution in [0.2, 0.25) is 0 Å². The minimum atomic E-state index is -0.393. The molecule has 0 atom stereocenters. The first-order chi connectivity index (χ1) is 7.60. The minimum absolute atomic E-state index is 0.393. The van der Waals surface area contributed by atoms with Crippen LogP contribution in [-0.2, 0) is 9.47 Å². The predicted molar refractivity (Wildman–Crippen MR) is 60.9 cm³/mol. The fraction of sp³-hybridized carbons (Fsp3) is 0.333. The highest BCUT2D eigenvalue weighted by Gasteiger charge is 2.08. The molecule has 86 valence electrons. The number of carbonyl (C=O) groups is 1. The molecular formula is C12H15NO3. The summed E-state index contributed by atoms with van der Waals surface area (Å²) in [6.45, 7) is 3.88. The molecule has 0 N–H and O–H groups in total. The normalized spacial score (nSPS) is 9.50. The van der Waals surface area contributed by atoms with E-state index in [0.29, 0.717) is 11.3 Å². The van der Waals surface area contributed by atoms with Crippen LogP contribution < -0.4 is 0 Å². The number of pyridine rings is 1. The van der Waals surface area contributed by atoms with Gasteiger partial charge in [-0.05, 0) is 31.6 Å². The Hall–Kier alpha value is -1.84. The minimum Gasteiger partial charge on any atom is -0.495 e. The van der Waals surface area contributed by atoms with Crippen LogP contribution in [0.15, 0.2) is 23.9 Å². The predicted octanol–water partition coefficient (Wildman–Crippen LogP) is 2.27. The zero-order valence-corrected chi connectivity index (χ0v) is 9.90. The second-order valence-corrected chi connectivity index (χ2v) is 3.46. The molecule has 4 heteroatoms. The van der Waals surface area contributed by atoms with Gasteiger partial charge in [-0.1, -0.05) is 0 Å². The largest absolute Gasteiger partial charge is 0.495 e. The van der Waals surface area contributed by atoms with E-state index in [-0.39, 0.29) is 0 Å². The third-order valence-corrected chi connectivity index (χ3v) is 2.08. The summed E-state index contributed by atoms with van der Waals surface area (Å²) in [6.07, 6.45) is 1.48. The summed E-state index contributed by atoms with van der Waals surface area (Å²) in [4.78, 5) is 15.3. The van der Waals surface area contributed by atoms with Gasteiger partial charge in [0.25, 0.3) is 0 Å². The van der Waals surface area contributed by atoms with Crippen molar-refractivity contribution in [2.24, 2.45) is 0 Å². The third-order valence-electron chi connectivity index (χ3n) is 2.08. The lowest BCUT2D eigenvalue weighted by molar-refractivity contribution is 0.0600. The van der Waals surface area contributed by atoms with Crippen LogP contribution >= 0.6 is 0 Å². The van der Waals surface area contributed by atoms with Crippen molar-refractivity contribution in [3.05, 3.63) is 35.2 Å². The fourth-order valence-corrected chi connectivity index (χ4v) is 1.33. The topological polar surface area (TPSA) is 48.4 Å². The standard InChI is InChI=1S/C12H15NO3/c1-8(2)11(15-3)10-6-5-9(7-13-10)12(14)16-4/h5-7H,1-4H3. The molecule has 0 unspecified atom stereocenters. The van der Waals surface area contributed by atoms with Crippen molar-refractivity contribution >= 4 is 11.7 Å². The molecule has 0 amide bonds. The number of rotatable bonds is 3. The Morgan fingerprint density at radius 2 is 1.88 bits per heavy atom. The van der Waals surface area contributed by atoms with E-state index in [1.165, 1.54) is 13.3 Å². The fourth-order valence-electron chi connectivity index (χ4n) is 1.33. The molecule has 0 radical (unpaired) electrons. The Morgan fingerprint density at radius 1 is 1.19 bits per heavy atom. The number of methoxy groups -OCH3 is 2. The number of nitrogens with zero attached hydrogens (tertiary/aromatic N) is 1. The second-order valence-electron chi connectivity index (χ2n) is 3.46. The number of carbonyl (C=O) groups excluding carboxylic acids is 1. The SMILES string of the molecule is COC(=O)c1ccc(C(OC)=C(C)C)nc1. The molecule has 4 nitrogen and oxygen atoms in total. The van der Waals surface area contributed by atoms with Crippen molar-refractivity contribution in [1.29, 1.82) is 0 Å². The molecule has 0 aliphatic heterocycles. The highest BCUT2D eigenvalue weighted by Crippen LogP contribution is 2.17. The first-order valence-electron chi connectivity index (χ1n) is 4.86. The summed E-state index contributed by atoms with van der Waals surface area (Å²) in [5.41, 5.74) is 2.16. The molecule has 0 aromatic carbocycles. The average Bonchev–Trinajstić information content (AvgIpc) is 2.29. The lowest BCUT2D eigenvalue weighted by atomic mass is 10.2. The molecule has 0 spiro atoms. The van der Waals surface area contributed by atoms with Crippen molar-refractivity contribution < 1.29 is 14.3 Å². The van der Waals surface area contributed by atoms with Gasteiger partial charge in [0.05, 0.1) is 19.8 Å². The molecule has 1 rings (SSSR count). The van der Waals surface area contributed by atoms with Crippen LogP contribution in [0.5, 0.6) is 0 Å². The van der Waals surface area contributed by atoms with Gasteiger partial charge in [-0.25, -0.2) is 4.79 Å². The number of hydrogen-bond donors (Lipinski definition) is 0. The molecule has 0 aliphatic carbocycles. The number of aromatic nitrogens is 1. The molecule has 0 bridgehead atoms. The van der Waals surface area contributed by atoms with Gasteiger partial charge in [-0.15, -0.1) is 0 Å². The van der Waals surface area contributed by atoms with E-state index in [2.05, 4.69) is 9.72 Å². The molecule has 1 aromatic heterocycles. The van der Waals surface area contributed by atoms with E-state index < -0.39 is 5.97 Å². The van der Waals surface area contributed by atoms with Crippen LogP contribution in [-0.4, -0.2) is 25.2 Å². The number of allylic oxidation sites excluding steroid dienone is 1. The summed E-state index contributed by atoms with van der Waals surface area (Å²) < 4.78 is 9.81. The van der Waals surface area contributed by atoms with Crippen molar-refractivity contribution in [1.82, 2.24) is 4.98 Å². The van der Waals surface area contributed by atoms with Crippen molar-refractivity contribution in [2.45, 2.75) is 13.8 Å². The molecule has 16 heavy (non-hydrogen) atoms. The van der Waals surface area contributed by atoms with E-state index in [9.17, 15) is 4.79 Å². The van der Waals surface area contributed by atoms with Gasteiger partial charge in [-0.2, -0.15) is 0 Å². The molecule has 0 saturated heterocycles. The van der Waals surface area contributed by atoms with Crippen LogP contribution in [0.25, 0.3) is 5.76 Å². The second kappa shape index (κ2) is 5.30. The van der Waals surface area contributed by atoms with Gasteiger partial charge < -0.3 is 9.47 Å². The quantitative estimate of drug-likeness (QED) is 0.580. The Bertz CT molecular complexity index is 403. The van der Waals surface area contributed by atoms with Crippen LogP contribution in [0.1, 0.15) is 29.9 Å². The van der Waals surface area contributed by atoms with Gasteiger partial charge in [0, 0.05) is 6.20 Å². The molecular weight excluding hydrogens is 206 g/mol.